The Hall–Kier alpha value is -1.06. The minimum atomic E-state index is -1.23. The number of hydrogen-bond acceptors (Lipinski definition) is 2. The molecule has 0 bridgehead atoms. The Balaban J connectivity index is 6.95. The van der Waals surface area contributed by atoms with Crippen molar-refractivity contribution < 1.29 is 19.8 Å². The molecular formula is C20H38O4. The SMILES string of the molecule is CCCC(CCC)(C(=O)O)C(CCC)(C(=O)O)C(CC)(CC)CC. The number of hydrogen-bond donors (Lipinski definition) is 2. The lowest BCUT2D eigenvalue weighted by molar-refractivity contribution is -0.198. The number of aliphatic carboxylic acids is 2. The van der Waals surface area contributed by atoms with Crippen molar-refractivity contribution in [3.05, 3.63) is 0 Å². The van der Waals surface area contributed by atoms with E-state index in [0.29, 0.717) is 57.8 Å². The second kappa shape index (κ2) is 9.43. The highest BCUT2D eigenvalue weighted by molar-refractivity contribution is 5.87. The van der Waals surface area contributed by atoms with Gasteiger partial charge >= 0.3 is 11.9 Å². The van der Waals surface area contributed by atoms with E-state index in [1.54, 1.807) is 0 Å². The molecule has 24 heavy (non-hydrogen) atoms. The van der Waals surface area contributed by atoms with E-state index in [-0.39, 0.29) is 0 Å². The summed E-state index contributed by atoms with van der Waals surface area (Å²) in [6, 6.07) is 0. The van der Waals surface area contributed by atoms with Crippen LogP contribution in [0.4, 0.5) is 0 Å². The maximum absolute atomic E-state index is 12.8. The third-order valence-corrected chi connectivity index (χ3v) is 6.51. The zero-order valence-corrected chi connectivity index (χ0v) is 16.6. The fourth-order valence-corrected chi connectivity index (χ4v) is 5.38. The van der Waals surface area contributed by atoms with Crippen LogP contribution in [0.15, 0.2) is 0 Å². The van der Waals surface area contributed by atoms with Crippen LogP contribution in [0, 0.1) is 16.2 Å². The summed E-state index contributed by atoms with van der Waals surface area (Å²) in [5.41, 5.74) is -2.94. The van der Waals surface area contributed by atoms with Crippen molar-refractivity contribution in [2.45, 2.75) is 99.3 Å². The molecule has 0 aromatic carbocycles. The van der Waals surface area contributed by atoms with E-state index in [9.17, 15) is 19.8 Å². The van der Waals surface area contributed by atoms with Gasteiger partial charge in [0.05, 0.1) is 10.8 Å². The van der Waals surface area contributed by atoms with Gasteiger partial charge in [0.2, 0.25) is 0 Å². The van der Waals surface area contributed by atoms with Crippen LogP contribution < -0.4 is 0 Å². The van der Waals surface area contributed by atoms with Gasteiger partial charge < -0.3 is 10.2 Å². The topological polar surface area (TPSA) is 74.6 Å². The fourth-order valence-electron chi connectivity index (χ4n) is 5.38. The molecule has 4 heteroatoms. The molecule has 0 fully saturated rings. The molecule has 0 aromatic rings. The molecule has 1 atom stereocenters. The summed E-state index contributed by atoms with van der Waals surface area (Å²) >= 11 is 0. The van der Waals surface area contributed by atoms with Crippen LogP contribution in [0.25, 0.3) is 0 Å². The smallest absolute Gasteiger partial charge is 0.311 e. The van der Waals surface area contributed by atoms with Crippen molar-refractivity contribution >= 4 is 11.9 Å². The first kappa shape index (κ1) is 22.9. The van der Waals surface area contributed by atoms with Crippen LogP contribution >= 0.6 is 0 Å². The predicted molar refractivity (Wildman–Crippen MR) is 98.2 cm³/mol. The van der Waals surface area contributed by atoms with Crippen LogP contribution in [-0.2, 0) is 9.59 Å². The van der Waals surface area contributed by atoms with Crippen molar-refractivity contribution in [3.63, 3.8) is 0 Å². The number of carbonyl (C=O) groups is 2. The van der Waals surface area contributed by atoms with Crippen LogP contribution in [0.2, 0.25) is 0 Å². The zero-order chi connectivity index (χ0) is 19.0. The standard InChI is InChI=1S/C20H38O4/c1-7-13-19(14-8-2,16(21)22)20(15-9-3,17(23)24)18(10-4,11-5)12-6/h7-15H2,1-6H3,(H,21,22)(H,23,24). The molecule has 0 aromatic heterocycles. The molecule has 4 nitrogen and oxygen atoms in total. The molecule has 0 aliphatic rings. The number of carboxylic acids is 2. The summed E-state index contributed by atoms with van der Waals surface area (Å²) in [5, 5.41) is 20.7. The number of carboxylic acid groups (broad SMARTS) is 2. The van der Waals surface area contributed by atoms with Crippen molar-refractivity contribution in [2.24, 2.45) is 16.2 Å². The first-order valence-electron chi connectivity index (χ1n) is 9.72. The summed E-state index contributed by atoms with van der Waals surface area (Å²) < 4.78 is 0. The molecule has 142 valence electrons. The second-order valence-corrected chi connectivity index (χ2v) is 7.19. The van der Waals surface area contributed by atoms with Gasteiger partial charge in [-0.1, -0.05) is 60.8 Å². The molecule has 0 saturated heterocycles. The van der Waals surface area contributed by atoms with Gasteiger partial charge in [0.15, 0.2) is 0 Å². The highest BCUT2D eigenvalue weighted by Crippen LogP contribution is 2.63. The van der Waals surface area contributed by atoms with Crippen molar-refractivity contribution in [1.82, 2.24) is 0 Å². The highest BCUT2D eigenvalue weighted by Gasteiger charge is 2.67. The molecule has 0 aliphatic heterocycles. The normalized spacial score (nSPS) is 15.1. The van der Waals surface area contributed by atoms with E-state index in [1.807, 2.05) is 41.5 Å². The summed E-state index contributed by atoms with van der Waals surface area (Å²) in [6.07, 6.45) is 5.36. The maximum Gasteiger partial charge on any atom is 0.311 e. The van der Waals surface area contributed by atoms with Crippen molar-refractivity contribution in [3.8, 4) is 0 Å². The summed E-state index contributed by atoms with van der Waals surface area (Å²) in [6.45, 7) is 11.9. The Morgan fingerprint density at radius 2 is 1.04 bits per heavy atom. The highest BCUT2D eigenvalue weighted by atomic mass is 16.4. The van der Waals surface area contributed by atoms with Gasteiger partial charge in [-0.05, 0) is 43.9 Å². The Kier molecular flexibility index (Phi) is 9.01. The van der Waals surface area contributed by atoms with E-state index in [4.69, 9.17) is 0 Å². The predicted octanol–water partition coefficient (Wildman–Crippen LogP) is 5.75. The number of rotatable bonds is 13. The first-order chi connectivity index (χ1) is 11.3. The Morgan fingerprint density at radius 1 is 0.667 bits per heavy atom. The van der Waals surface area contributed by atoms with Crippen LogP contribution in [0.1, 0.15) is 99.3 Å². The summed E-state index contributed by atoms with van der Waals surface area (Å²) in [7, 11) is 0. The molecule has 0 radical (unpaired) electrons. The van der Waals surface area contributed by atoms with Gasteiger partial charge in [-0.3, -0.25) is 9.59 Å². The third kappa shape index (κ3) is 3.34. The van der Waals surface area contributed by atoms with E-state index in [1.165, 1.54) is 0 Å². The van der Waals surface area contributed by atoms with E-state index >= 15 is 0 Å². The van der Waals surface area contributed by atoms with Crippen molar-refractivity contribution in [2.75, 3.05) is 0 Å². The molecule has 0 saturated carbocycles. The molecule has 0 amide bonds. The van der Waals surface area contributed by atoms with Gasteiger partial charge in [-0.2, -0.15) is 0 Å². The average Bonchev–Trinajstić information content (AvgIpc) is 2.54. The molecule has 0 spiro atoms. The fraction of sp³-hybridized carbons (Fsp3) is 0.900. The third-order valence-electron chi connectivity index (χ3n) is 6.51. The quantitative estimate of drug-likeness (QED) is 0.447. The van der Waals surface area contributed by atoms with Gasteiger partial charge in [-0.15, -0.1) is 0 Å². The van der Waals surface area contributed by atoms with Crippen LogP contribution in [-0.4, -0.2) is 22.2 Å². The molecular weight excluding hydrogens is 304 g/mol. The van der Waals surface area contributed by atoms with E-state index in [0.717, 1.165) is 0 Å². The maximum atomic E-state index is 12.8. The lowest BCUT2D eigenvalue weighted by Crippen LogP contribution is -2.61. The van der Waals surface area contributed by atoms with Gasteiger partial charge in [0, 0.05) is 0 Å². The molecule has 0 heterocycles. The lowest BCUT2D eigenvalue weighted by Gasteiger charge is -2.56. The first-order valence-corrected chi connectivity index (χ1v) is 9.72. The Bertz CT molecular complexity index is 398. The van der Waals surface area contributed by atoms with Gasteiger partial charge in [-0.25, -0.2) is 0 Å². The summed E-state index contributed by atoms with van der Waals surface area (Å²) in [4.78, 5) is 25.3. The monoisotopic (exact) mass is 342 g/mol. The van der Waals surface area contributed by atoms with Crippen molar-refractivity contribution in [1.29, 1.82) is 0 Å². The van der Waals surface area contributed by atoms with Crippen LogP contribution in [0.5, 0.6) is 0 Å². The van der Waals surface area contributed by atoms with Gasteiger partial charge in [0.25, 0.3) is 0 Å². The van der Waals surface area contributed by atoms with Crippen LogP contribution in [0.3, 0.4) is 0 Å². The zero-order valence-electron chi connectivity index (χ0n) is 16.6. The summed E-state index contributed by atoms with van der Waals surface area (Å²) in [5.74, 6) is -1.85. The Labute approximate surface area is 148 Å². The molecule has 0 rings (SSSR count). The minimum absolute atomic E-state index is 0.421. The molecule has 2 N–H and O–H groups in total. The minimum Gasteiger partial charge on any atom is -0.481 e. The van der Waals surface area contributed by atoms with E-state index < -0.39 is 28.2 Å². The largest absolute Gasteiger partial charge is 0.481 e. The Morgan fingerprint density at radius 3 is 1.25 bits per heavy atom. The molecule has 0 aliphatic carbocycles. The van der Waals surface area contributed by atoms with Gasteiger partial charge in [0.1, 0.15) is 0 Å². The van der Waals surface area contributed by atoms with E-state index in [2.05, 4.69) is 0 Å². The molecule has 1 unspecified atom stereocenters. The average molecular weight is 343 g/mol. The second-order valence-electron chi connectivity index (χ2n) is 7.19. The lowest BCUT2D eigenvalue weighted by atomic mass is 9.44.